The van der Waals surface area contributed by atoms with Gasteiger partial charge in [-0.1, -0.05) is 18.2 Å². The fraction of sp³-hybridized carbons (Fsp3) is 0.556. The highest BCUT2D eigenvalue weighted by molar-refractivity contribution is 5.68. The Morgan fingerprint density at radius 1 is 0.880 bits per heavy atom. The van der Waals surface area contributed by atoms with E-state index in [0.717, 1.165) is 0 Å². The Kier molecular flexibility index (Phi) is 6.67. The molecule has 0 atom stereocenters. The van der Waals surface area contributed by atoms with Crippen molar-refractivity contribution in [3.63, 3.8) is 0 Å². The van der Waals surface area contributed by atoms with Crippen LogP contribution in [0.15, 0.2) is 18.2 Å². The van der Waals surface area contributed by atoms with E-state index in [1.807, 2.05) is 0 Å². The van der Waals surface area contributed by atoms with Gasteiger partial charge >= 0.3 is 12.2 Å². The summed E-state index contributed by atoms with van der Waals surface area (Å²) in [6.07, 6.45) is -1.13. The number of carbonyl (C=O) groups excluding carboxylic acids is 2. The highest BCUT2D eigenvalue weighted by atomic mass is 16.6. The maximum atomic E-state index is 11.7. The van der Waals surface area contributed by atoms with Crippen molar-refractivity contribution < 1.29 is 24.2 Å². The van der Waals surface area contributed by atoms with E-state index in [4.69, 9.17) is 9.47 Å². The summed E-state index contributed by atoms with van der Waals surface area (Å²) in [5.74, 6) is 0.00890. The lowest BCUT2D eigenvalue weighted by atomic mass is 10.1. The van der Waals surface area contributed by atoms with Crippen LogP contribution in [0.25, 0.3) is 0 Å². The standard InChI is InChI=1S/C18H28N2O5/c1-17(2,3)24-15(22)19-10-12-8-7-9-13(14(12)21)11-20-16(23)25-18(4,5)6/h7-9,21H,10-11H2,1-6H3,(H,19,22)(H,20,23). The monoisotopic (exact) mass is 352 g/mol. The van der Waals surface area contributed by atoms with Crippen LogP contribution in [-0.4, -0.2) is 28.5 Å². The lowest BCUT2D eigenvalue weighted by Crippen LogP contribution is -2.32. The van der Waals surface area contributed by atoms with Crippen molar-refractivity contribution >= 4 is 12.2 Å². The average molecular weight is 352 g/mol. The van der Waals surface area contributed by atoms with Crippen molar-refractivity contribution in [3.05, 3.63) is 29.3 Å². The molecular formula is C18H28N2O5. The molecule has 1 aromatic carbocycles. The number of nitrogens with one attached hydrogen (secondary N) is 2. The summed E-state index contributed by atoms with van der Waals surface area (Å²) in [7, 11) is 0. The largest absolute Gasteiger partial charge is 0.507 e. The number of amides is 2. The van der Waals surface area contributed by atoms with Gasteiger partial charge in [0, 0.05) is 24.2 Å². The number of rotatable bonds is 4. The average Bonchev–Trinajstić information content (AvgIpc) is 2.41. The number of phenols is 1. The molecule has 0 aliphatic heterocycles. The summed E-state index contributed by atoms with van der Waals surface area (Å²) in [6, 6.07) is 5.10. The van der Waals surface area contributed by atoms with Crippen LogP contribution in [0.1, 0.15) is 52.7 Å². The Bertz CT molecular complexity index is 565. The van der Waals surface area contributed by atoms with Crippen LogP contribution in [0, 0.1) is 0 Å². The second-order valence-corrected chi connectivity index (χ2v) is 7.64. The highest BCUT2D eigenvalue weighted by Crippen LogP contribution is 2.22. The third kappa shape index (κ3) is 8.28. The van der Waals surface area contributed by atoms with Gasteiger partial charge in [0.1, 0.15) is 17.0 Å². The minimum Gasteiger partial charge on any atom is -0.507 e. The van der Waals surface area contributed by atoms with Crippen molar-refractivity contribution in [2.75, 3.05) is 0 Å². The fourth-order valence-electron chi connectivity index (χ4n) is 1.89. The molecule has 3 N–H and O–H groups in total. The van der Waals surface area contributed by atoms with Gasteiger partial charge in [-0.15, -0.1) is 0 Å². The molecule has 0 aromatic heterocycles. The predicted octanol–water partition coefficient (Wildman–Crippen LogP) is 3.44. The van der Waals surface area contributed by atoms with Crippen molar-refractivity contribution in [2.45, 2.75) is 65.8 Å². The minimum absolute atomic E-state index is 0.00890. The van der Waals surface area contributed by atoms with Crippen molar-refractivity contribution in [1.29, 1.82) is 0 Å². The van der Waals surface area contributed by atoms with Crippen molar-refractivity contribution in [3.8, 4) is 5.75 Å². The van der Waals surface area contributed by atoms with E-state index >= 15 is 0 Å². The quantitative estimate of drug-likeness (QED) is 0.771. The maximum Gasteiger partial charge on any atom is 0.407 e. The van der Waals surface area contributed by atoms with Gasteiger partial charge in [-0.2, -0.15) is 0 Å². The van der Waals surface area contributed by atoms with Crippen molar-refractivity contribution in [2.24, 2.45) is 0 Å². The summed E-state index contributed by atoms with van der Waals surface area (Å²) >= 11 is 0. The van der Waals surface area contributed by atoms with E-state index < -0.39 is 23.4 Å². The zero-order valence-electron chi connectivity index (χ0n) is 15.7. The number of hydrogen-bond donors (Lipinski definition) is 3. The lowest BCUT2D eigenvalue weighted by molar-refractivity contribution is 0.0513. The smallest absolute Gasteiger partial charge is 0.407 e. The summed E-state index contributed by atoms with van der Waals surface area (Å²) in [4.78, 5) is 23.4. The number of ether oxygens (including phenoxy) is 2. The molecule has 7 nitrogen and oxygen atoms in total. The van der Waals surface area contributed by atoms with Gasteiger partial charge in [0.25, 0.3) is 0 Å². The third-order valence-electron chi connectivity index (χ3n) is 2.85. The molecule has 0 aliphatic rings. The zero-order valence-corrected chi connectivity index (χ0v) is 15.7. The van der Waals surface area contributed by atoms with E-state index in [2.05, 4.69) is 10.6 Å². The first-order valence-corrected chi connectivity index (χ1v) is 8.11. The second-order valence-electron chi connectivity index (χ2n) is 7.64. The molecule has 0 heterocycles. The normalized spacial score (nSPS) is 11.6. The molecule has 0 spiro atoms. The Morgan fingerprint density at radius 3 is 1.56 bits per heavy atom. The molecular weight excluding hydrogens is 324 g/mol. The molecule has 0 bridgehead atoms. The molecule has 0 saturated heterocycles. The first-order chi connectivity index (χ1) is 11.4. The highest BCUT2D eigenvalue weighted by Gasteiger charge is 2.18. The van der Waals surface area contributed by atoms with Crippen LogP contribution < -0.4 is 10.6 Å². The number of para-hydroxylation sites is 1. The van der Waals surface area contributed by atoms with E-state index in [1.54, 1.807) is 59.7 Å². The molecule has 0 fully saturated rings. The van der Waals surface area contributed by atoms with Crippen molar-refractivity contribution in [1.82, 2.24) is 10.6 Å². The Morgan fingerprint density at radius 2 is 1.24 bits per heavy atom. The van der Waals surface area contributed by atoms with Gasteiger partial charge in [-0.25, -0.2) is 9.59 Å². The first-order valence-electron chi connectivity index (χ1n) is 8.11. The molecule has 1 aromatic rings. The summed E-state index contributed by atoms with van der Waals surface area (Å²) in [5, 5.41) is 15.5. The zero-order chi connectivity index (χ0) is 19.3. The molecule has 7 heteroatoms. The number of hydrogen-bond acceptors (Lipinski definition) is 5. The minimum atomic E-state index is -0.592. The fourth-order valence-corrected chi connectivity index (χ4v) is 1.89. The Hall–Kier alpha value is -2.44. The van der Waals surface area contributed by atoms with Crippen LogP contribution in [0.4, 0.5) is 9.59 Å². The topological polar surface area (TPSA) is 96.9 Å². The van der Waals surface area contributed by atoms with Gasteiger partial charge < -0.3 is 25.2 Å². The number of benzene rings is 1. The van der Waals surface area contributed by atoms with E-state index in [9.17, 15) is 14.7 Å². The SMILES string of the molecule is CC(C)(C)OC(=O)NCc1cccc(CNC(=O)OC(C)(C)C)c1O. The van der Waals surface area contributed by atoms with Crippen LogP contribution in [-0.2, 0) is 22.6 Å². The molecule has 0 unspecified atom stereocenters. The number of carbonyl (C=O) groups is 2. The number of phenolic OH excluding ortho intramolecular Hbond substituents is 1. The second kappa shape index (κ2) is 8.09. The van der Waals surface area contributed by atoms with Gasteiger partial charge in [0.15, 0.2) is 0 Å². The molecule has 0 saturated carbocycles. The number of alkyl carbamates (subject to hydrolysis) is 2. The summed E-state index contributed by atoms with van der Waals surface area (Å²) < 4.78 is 10.3. The molecule has 140 valence electrons. The Labute approximate surface area is 148 Å². The molecule has 25 heavy (non-hydrogen) atoms. The van der Waals surface area contributed by atoms with Crippen LogP contribution in [0.3, 0.4) is 0 Å². The maximum absolute atomic E-state index is 11.7. The third-order valence-corrected chi connectivity index (χ3v) is 2.85. The summed E-state index contributed by atoms with van der Waals surface area (Å²) in [5.41, 5.74) is -0.139. The van der Waals surface area contributed by atoms with Gasteiger partial charge in [-0.05, 0) is 41.5 Å². The van der Waals surface area contributed by atoms with E-state index in [0.29, 0.717) is 11.1 Å². The molecule has 0 aliphatic carbocycles. The van der Waals surface area contributed by atoms with Gasteiger partial charge in [0.2, 0.25) is 0 Å². The number of aromatic hydroxyl groups is 1. The Balaban J connectivity index is 2.63. The van der Waals surface area contributed by atoms with Gasteiger partial charge in [-0.3, -0.25) is 0 Å². The first kappa shape index (κ1) is 20.6. The lowest BCUT2D eigenvalue weighted by Gasteiger charge is -2.20. The van der Waals surface area contributed by atoms with Crippen LogP contribution >= 0.6 is 0 Å². The molecule has 2 amide bonds. The van der Waals surface area contributed by atoms with Crippen LogP contribution in [0.2, 0.25) is 0 Å². The predicted molar refractivity (Wildman–Crippen MR) is 94.3 cm³/mol. The molecule has 1 rings (SSSR count). The molecule has 0 radical (unpaired) electrons. The van der Waals surface area contributed by atoms with Crippen LogP contribution in [0.5, 0.6) is 5.75 Å². The van der Waals surface area contributed by atoms with E-state index in [1.165, 1.54) is 0 Å². The summed E-state index contributed by atoms with van der Waals surface area (Å²) in [6.45, 7) is 10.8. The van der Waals surface area contributed by atoms with E-state index in [-0.39, 0.29) is 18.8 Å². The van der Waals surface area contributed by atoms with Gasteiger partial charge in [0.05, 0.1) is 0 Å².